The molecule has 2 aliphatic carbocycles. The number of aryl methyl sites for hydroxylation is 4. The van der Waals surface area contributed by atoms with Crippen molar-refractivity contribution in [2.75, 3.05) is 0 Å². The third-order valence-corrected chi connectivity index (χ3v) is 27.5. The zero-order valence-electron chi connectivity index (χ0n) is 30.0. The summed E-state index contributed by atoms with van der Waals surface area (Å²) in [6, 6.07) is 51.3. The van der Waals surface area contributed by atoms with Crippen molar-refractivity contribution in [1.82, 2.24) is 0 Å². The van der Waals surface area contributed by atoms with E-state index in [-0.39, 0.29) is 0 Å². The van der Waals surface area contributed by atoms with E-state index in [1.807, 2.05) is 0 Å². The number of fused-ring (bicyclic) bond motifs is 6. The van der Waals surface area contributed by atoms with Gasteiger partial charge < -0.3 is 0 Å². The monoisotopic (exact) mass is 812 g/mol. The number of hydrogen-bond acceptors (Lipinski definition) is 0. The van der Waals surface area contributed by atoms with Gasteiger partial charge >= 0.3 is 304 Å². The SMILES string of the molecule is Cc1ccc(C2(c3ccc(C)cc3)C3=Cc4c(-c5ccccc5C)cccc4[CH]3[Hf]([CH3])([CH3])[CH]3C2=Cc2c(-c4ccccc4C)cccc23)cc1. The molecular weight excluding hydrogens is 767 g/mol. The summed E-state index contributed by atoms with van der Waals surface area (Å²) in [6.45, 7) is 8.95. The topological polar surface area (TPSA) is 0 Å². The third-order valence-electron chi connectivity index (χ3n) is 12.3. The zero-order chi connectivity index (χ0) is 34.4. The summed E-state index contributed by atoms with van der Waals surface area (Å²) in [5.74, 6) is 0. The van der Waals surface area contributed by atoms with Crippen LogP contribution in [-0.4, -0.2) is 0 Å². The summed E-state index contributed by atoms with van der Waals surface area (Å²) in [5, 5.41) is 0. The second-order valence-corrected chi connectivity index (χ2v) is 32.9. The van der Waals surface area contributed by atoms with E-state index in [4.69, 9.17) is 0 Å². The van der Waals surface area contributed by atoms with Crippen molar-refractivity contribution in [3.63, 3.8) is 0 Å². The summed E-state index contributed by atoms with van der Waals surface area (Å²) in [4.78, 5) is 0. The van der Waals surface area contributed by atoms with Gasteiger partial charge in [-0.15, -0.1) is 0 Å². The van der Waals surface area contributed by atoms with Gasteiger partial charge in [0.05, 0.1) is 0 Å². The van der Waals surface area contributed by atoms with E-state index in [0.29, 0.717) is 7.35 Å². The molecule has 0 amide bonds. The molecule has 1 heterocycles. The summed E-state index contributed by atoms with van der Waals surface area (Å²) in [7, 11) is 0. The van der Waals surface area contributed by atoms with Crippen LogP contribution in [0.1, 0.15) is 63.0 Å². The van der Waals surface area contributed by atoms with E-state index in [1.165, 1.54) is 66.8 Å². The fourth-order valence-electron chi connectivity index (χ4n) is 10.1. The second-order valence-electron chi connectivity index (χ2n) is 15.6. The normalized spacial score (nSPS) is 19.2. The summed E-state index contributed by atoms with van der Waals surface area (Å²) >= 11 is -3.37. The van der Waals surface area contributed by atoms with Crippen LogP contribution in [0, 0.1) is 27.7 Å². The van der Waals surface area contributed by atoms with Crippen molar-refractivity contribution in [3.05, 3.63) is 200 Å². The van der Waals surface area contributed by atoms with Gasteiger partial charge in [0.15, 0.2) is 0 Å². The van der Waals surface area contributed by atoms with Crippen molar-refractivity contribution in [2.45, 2.75) is 49.8 Å². The molecule has 6 aromatic carbocycles. The minimum absolute atomic E-state index is 0.393. The number of rotatable bonds is 4. The van der Waals surface area contributed by atoms with Crippen molar-refractivity contribution in [1.29, 1.82) is 0 Å². The van der Waals surface area contributed by atoms with Crippen molar-refractivity contribution in [2.24, 2.45) is 0 Å². The van der Waals surface area contributed by atoms with Crippen LogP contribution >= 0.6 is 0 Å². The van der Waals surface area contributed by atoms with E-state index in [9.17, 15) is 0 Å². The first-order valence-corrected chi connectivity index (χ1v) is 29.5. The molecule has 1 aliphatic heterocycles. The molecular formula is C49H44Hf. The Labute approximate surface area is 302 Å². The van der Waals surface area contributed by atoms with Crippen molar-refractivity contribution in [3.8, 4) is 22.3 Å². The van der Waals surface area contributed by atoms with Crippen LogP contribution in [-0.2, 0) is 25.4 Å². The predicted molar refractivity (Wildman–Crippen MR) is 210 cm³/mol. The van der Waals surface area contributed by atoms with Gasteiger partial charge in [0, 0.05) is 0 Å². The molecule has 0 nitrogen and oxygen atoms in total. The molecule has 0 saturated carbocycles. The van der Waals surface area contributed by atoms with Gasteiger partial charge in [-0.05, 0) is 0 Å². The zero-order valence-corrected chi connectivity index (χ0v) is 33.6. The average Bonchev–Trinajstić information content (AvgIpc) is 3.72. The van der Waals surface area contributed by atoms with Gasteiger partial charge in [0.1, 0.15) is 0 Å². The molecule has 2 unspecified atom stereocenters. The molecule has 244 valence electrons. The number of allylic oxidation sites excluding steroid dienone is 2. The van der Waals surface area contributed by atoms with Crippen LogP contribution in [0.2, 0.25) is 9.36 Å². The Balaban J connectivity index is 1.42. The first-order chi connectivity index (χ1) is 24.2. The maximum atomic E-state index is 2.77. The number of benzene rings is 6. The molecule has 9 rings (SSSR count). The quantitative estimate of drug-likeness (QED) is 0.156. The van der Waals surface area contributed by atoms with Crippen LogP contribution < -0.4 is 0 Å². The van der Waals surface area contributed by atoms with Gasteiger partial charge in [-0.25, -0.2) is 0 Å². The van der Waals surface area contributed by atoms with Gasteiger partial charge in [0.2, 0.25) is 0 Å². The van der Waals surface area contributed by atoms with Crippen LogP contribution in [0.5, 0.6) is 0 Å². The third kappa shape index (κ3) is 4.45. The molecule has 0 bridgehead atoms. The Hall–Kier alpha value is -4.33. The van der Waals surface area contributed by atoms with E-state index in [0.717, 1.165) is 0 Å². The standard InChI is InChI=1S/C47H38.2CH3.Hf/c1-31-19-23-37(24-20-31)47(38-25-21-32(2)22-26-38,39-27-35-13-9-17-43(45(35)29-39)41-15-7-5-11-33(41)3)40-28-36-14-10-18-44(46(36)30-40)42-16-8-6-12-34(42)4;;;/h5-30H,1-4H3;2*1H3;. The second kappa shape index (κ2) is 11.6. The summed E-state index contributed by atoms with van der Waals surface area (Å²) in [6.07, 6.45) is 5.34. The molecule has 1 saturated heterocycles. The molecule has 0 N–H and O–H groups in total. The molecule has 2 atom stereocenters. The van der Waals surface area contributed by atoms with Gasteiger partial charge in [-0.3, -0.25) is 0 Å². The summed E-state index contributed by atoms with van der Waals surface area (Å²) in [5.41, 5.74) is 22.3. The fraction of sp³-hybridized carbons (Fsp3) is 0.184. The maximum absolute atomic E-state index is 3.37. The van der Waals surface area contributed by atoms with Crippen LogP contribution in [0.25, 0.3) is 34.4 Å². The molecule has 1 fully saturated rings. The first-order valence-electron chi connectivity index (χ1n) is 18.2. The Morgan fingerprint density at radius 3 is 1.20 bits per heavy atom. The Kier molecular flexibility index (Phi) is 7.34. The first kappa shape index (κ1) is 31.6. The van der Waals surface area contributed by atoms with E-state index in [1.54, 1.807) is 22.3 Å². The van der Waals surface area contributed by atoms with Crippen LogP contribution in [0.4, 0.5) is 0 Å². The molecule has 0 aromatic heterocycles. The van der Waals surface area contributed by atoms with Gasteiger partial charge in [-0.1, -0.05) is 0 Å². The van der Waals surface area contributed by atoms with E-state index >= 15 is 0 Å². The van der Waals surface area contributed by atoms with Crippen LogP contribution in [0.3, 0.4) is 0 Å². The van der Waals surface area contributed by atoms with Gasteiger partial charge in [0.25, 0.3) is 0 Å². The van der Waals surface area contributed by atoms with Crippen LogP contribution in [0.15, 0.2) is 145 Å². The molecule has 3 aliphatic rings. The predicted octanol–water partition coefficient (Wildman–Crippen LogP) is 13.1. The number of hydrogen-bond donors (Lipinski definition) is 0. The summed E-state index contributed by atoms with van der Waals surface area (Å²) < 4.78 is 6.42. The van der Waals surface area contributed by atoms with Gasteiger partial charge in [-0.2, -0.15) is 0 Å². The van der Waals surface area contributed by atoms with Crippen molar-refractivity contribution < 1.29 is 20.0 Å². The Bertz CT molecular complexity index is 2210. The fourth-order valence-corrected chi connectivity index (χ4v) is 26.7. The molecule has 0 spiro atoms. The molecule has 1 heteroatoms. The molecule has 0 radical (unpaired) electrons. The minimum atomic E-state index is -3.37. The van der Waals surface area contributed by atoms with E-state index in [2.05, 4.69) is 183 Å². The molecule has 6 aromatic rings. The Morgan fingerprint density at radius 2 is 0.800 bits per heavy atom. The van der Waals surface area contributed by atoms with Crippen molar-refractivity contribution >= 4 is 12.2 Å². The van der Waals surface area contributed by atoms with E-state index < -0.39 is 25.4 Å². The average molecular weight is 811 g/mol. The molecule has 50 heavy (non-hydrogen) atoms. The Morgan fingerprint density at radius 1 is 0.420 bits per heavy atom.